The number of hydrogen-bond donors (Lipinski definition) is 2. The summed E-state index contributed by atoms with van der Waals surface area (Å²) in [5.74, 6) is 0.901. The first-order valence-electron chi connectivity index (χ1n) is 6.51. The van der Waals surface area contributed by atoms with Crippen LogP contribution in [0.15, 0.2) is 24.3 Å². The summed E-state index contributed by atoms with van der Waals surface area (Å²) in [7, 11) is 0. The Kier molecular flexibility index (Phi) is 6.23. The quantitative estimate of drug-likeness (QED) is 0.711. The summed E-state index contributed by atoms with van der Waals surface area (Å²) in [6.45, 7) is 8.62. The second kappa shape index (κ2) is 7.46. The first-order chi connectivity index (χ1) is 8.15. The Labute approximate surface area is 105 Å². The summed E-state index contributed by atoms with van der Waals surface area (Å²) in [5, 5.41) is 12.7. The lowest BCUT2D eigenvalue weighted by Crippen LogP contribution is -2.30. The van der Waals surface area contributed by atoms with Crippen molar-refractivity contribution in [3.05, 3.63) is 35.4 Å². The molecule has 0 saturated carbocycles. The lowest BCUT2D eigenvalue weighted by atomic mass is 9.97. The Hall–Kier alpha value is -0.860. The summed E-state index contributed by atoms with van der Waals surface area (Å²) >= 11 is 0. The SMILES string of the molecule is Cc1ccccc1CCNCC(CO)C(C)C. The van der Waals surface area contributed by atoms with E-state index in [-0.39, 0.29) is 6.61 Å². The van der Waals surface area contributed by atoms with Gasteiger partial charge < -0.3 is 10.4 Å². The molecule has 1 atom stereocenters. The summed E-state index contributed by atoms with van der Waals surface area (Å²) < 4.78 is 0. The van der Waals surface area contributed by atoms with Crippen LogP contribution in [0.3, 0.4) is 0 Å². The van der Waals surface area contributed by atoms with Gasteiger partial charge in [-0.05, 0) is 42.9 Å². The van der Waals surface area contributed by atoms with E-state index in [1.54, 1.807) is 0 Å². The molecule has 96 valence electrons. The van der Waals surface area contributed by atoms with Crippen LogP contribution >= 0.6 is 0 Å². The molecule has 0 spiro atoms. The van der Waals surface area contributed by atoms with Crippen LogP contribution in [0, 0.1) is 18.8 Å². The third-order valence-electron chi connectivity index (χ3n) is 3.42. The molecule has 0 aliphatic rings. The van der Waals surface area contributed by atoms with Gasteiger partial charge in [-0.1, -0.05) is 38.1 Å². The molecule has 1 rings (SSSR count). The molecule has 2 nitrogen and oxygen atoms in total. The highest BCUT2D eigenvalue weighted by Gasteiger charge is 2.10. The van der Waals surface area contributed by atoms with Gasteiger partial charge in [0.15, 0.2) is 0 Å². The van der Waals surface area contributed by atoms with Crippen molar-refractivity contribution in [2.45, 2.75) is 27.2 Å². The van der Waals surface area contributed by atoms with Gasteiger partial charge in [0.05, 0.1) is 0 Å². The topological polar surface area (TPSA) is 32.3 Å². The summed E-state index contributed by atoms with van der Waals surface area (Å²) in [5.41, 5.74) is 2.77. The first kappa shape index (κ1) is 14.2. The minimum atomic E-state index is 0.273. The van der Waals surface area contributed by atoms with Gasteiger partial charge in [-0.25, -0.2) is 0 Å². The molecule has 0 aromatic heterocycles. The molecule has 0 radical (unpaired) electrons. The van der Waals surface area contributed by atoms with Crippen LogP contribution in [0.5, 0.6) is 0 Å². The number of aliphatic hydroxyl groups is 1. The van der Waals surface area contributed by atoms with Crippen LogP contribution in [-0.2, 0) is 6.42 Å². The third-order valence-corrected chi connectivity index (χ3v) is 3.42. The first-order valence-corrected chi connectivity index (χ1v) is 6.51. The maximum Gasteiger partial charge on any atom is 0.0473 e. The molecule has 0 amide bonds. The molecular formula is C15H25NO. The number of benzene rings is 1. The average molecular weight is 235 g/mol. The molecule has 2 heteroatoms. The van der Waals surface area contributed by atoms with Crippen molar-refractivity contribution >= 4 is 0 Å². The van der Waals surface area contributed by atoms with Crippen LogP contribution in [0.1, 0.15) is 25.0 Å². The predicted octanol–water partition coefficient (Wildman–Crippen LogP) is 2.39. The zero-order chi connectivity index (χ0) is 12.7. The standard InChI is InChI=1S/C15H25NO/c1-12(2)15(11-17)10-16-9-8-14-7-5-4-6-13(14)3/h4-7,12,15-17H,8-11H2,1-3H3. The Morgan fingerprint density at radius 1 is 1.24 bits per heavy atom. The molecule has 2 N–H and O–H groups in total. The van der Waals surface area contributed by atoms with Gasteiger partial charge in [0.25, 0.3) is 0 Å². The molecule has 1 aromatic carbocycles. The number of aryl methyl sites for hydroxylation is 1. The van der Waals surface area contributed by atoms with Crippen LogP contribution < -0.4 is 5.32 Å². The number of hydrogen-bond acceptors (Lipinski definition) is 2. The highest BCUT2D eigenvalue weighted by Crippen LogP contribution is 2.09. The van der Waals surface area contributed by atoms with Crippen LogP contribution in [0.4, 0.5) is 0 Å². The molecule has 17 heavy (non-hydrogen) atoms. The average Bonchev–Trinajstić information content (AvgIpc) is 2.31. The summed E-state index contributed by atoms with van der Waals surface area (Å²) in [6.07, 6.45) is 1.06. The van der Waals surface area contributed by atoms with Crippen molar-refractivity contribution in [1.29, 1.82) is 0 Å². The van der Waals surface area contributed by atoms with Crippen molar-refractivity contribution in [2.75, 3.05) is 19.7 Å². The Balaban J connectivity index is 2.27. The van der Waals surface area contributed by atoms with Gasteiger partial charge in [-0.3, -0.25) is 0 Å². The zero-order valence-corrected chi connectivity index (χ0v) is 11.2. The summed E-state index contributed by atoms with van der Waals surface area (Å²) in [6, 6.07) is 8.50. The Morgan fingerprint density at radius 3 is 2.53 bits per heavy atom. The molecule has 0 heterocycles. The van der Waals surface area contributed by atoms with Gasteiger partial charge in [-0.2, -0.15) is 0 Å². The van der Waals surface area contributed by atoms with Crippen LogP contribution in [0.25, 0.3) is 0 Å². The van der Waals surface area contributed by atoms with Gasteiger partial charge in [0.2, 0.25) is 0 Å². The molecule has 0 saturated heterocycles. The van der Waals surface area contributed by atoms with Crippen LogP contribution in [-0.4, -0.2) is 24.8 Å². The third kappa shape index (κ3) is 4.88. The van der Waals surface area contributed by atoms with Gasteiger partial charge >= 0.3 is 0 Å². The van der Waals surface area contributed by atoms with Gasteiger partial charge in [0.1, 0.15) is 0 Å². The van der Waals surface area contributed by atoms with E-state index in [0.717, 1.165) is 19.5 Å². The molecule has 0 aliphatic carbocycles. The Morgan fingerprint density at radius 2 is 1.94 bits per heavy atom. The molecule has 0 aliphatic heterocycles. The molecule has 0 bridgehead atoms. The second-order valence-corrected chi connectivity index (χ2v) is 5.07. The fourth-order valence-electron chi connectivity index (χ4n) is 1.91. The normalized spacial score (nSPS) is 13.0. The fraction of sp³-hybridized carbons (Fsp3) is 0.600. The highest BCUT2D eigenvalue weighted by atomic mass is 16.3. The van der Waals surface area contributed by atoms with Crippen molar-refractivity contribution in [3.8, 4) is 0 Å². The fourth-order valence-corrected chi connectivity index (χ4v) is 1.91. The number of rotatable bonds is 7. The second-order valence-electron chi connectivity index (χ2n) is 5.07. The maximum absolute atomic E-state index is 9.22. The van der Waals surface area contributed by atoms with Crippen molar-refractivity contribution in [3.63, 3.8) is 0 Å². The zero-order valence-electron chi connectivity index (χ0n) is 11.2. The number of aliphatic hydroxyl groups excluding tert-OH is 1. The van der Waals surface area contributed by atoms with E-state index >= 15 is 0 Å². The van der Waals surface area contributed by atoms with E-state index in [0.29, 0.717) is 11.8 Å². The van der Waals surface area contributed by atoms with Gasteiger partial charge in [-0.15, -0.1) is 0 Å². The Bertz CT molecular complexity index is 322. The number of nitrogens with one attached hydrogen (secondary N) is 1. The minimum absolute atomic E-state index is 0.273. The lowest BCUT2D eigenvalue weighted by Gasteiger charge is -2.18. The van der Waals surface area contributed by atoms with E-state index < -0.39 is 0 Å². The van der Waals surface area contributed by atoms with E-state index in [2.05, 4.69) is 50.4 Å². The van der Waals surface area contributed by atoms with Crippen molar-refractivity contribution in [1.82, 2.24) is 5.32 Å². The molecule has 1 unspecified atom stereocenters. The lowest BCUT2D eigenvalue weighted by molar-refractivity contribution is 0.186. The van der Waals surface area contributed by atoms with Crippen molar-refractivity contribution in [2.24, 2.45) is 11.8 Å². The smallest absolute Gasteiger partial charge is 0.0473 e. The maximum atomic E-state index is 9.22. The van der Waals surface area contributed by atoms with Gasteiger partial charge in [0, 0.05) is 13.2 Å². The van der Waals surface area contributed by atoms with E-state index in [9.17, 15) is 5.11 Å². The van der Waals surface area contributed by atoms with Crippen LogP contribution in [0.2, 0.25) is 0 Å². The molecule has 0 fully saturated rings. The summed E-state index contributed by atoms with van der Waals surface area (Å²) in [4.78, 5) is 0. The highest BCUT2D eigenvalue weighted by molar-refractivity contribution is 5.25. The van der Waals surface area contributed by atoms with E-state index in [4.69, 9.17) is 0 Å². The molecule has 1 aromatic rings. The monoisotopic (exact) mass is 235 g/mol. The minimum Gasteiger partial charge on any atom is -0.396 e. The van der Waals surface area contributed by atoms with E-state index in [1.807, 2.05) is 0 Å². The predicted molar refractivity (Wildman–Crippen MR) is 73.2 cm³/mol. The molecular weight excluding hydrogens is 210 g/mol. The van der Waals surface area contributed by atoms with E-state index in [1.165, 1.54) is 11.1 Å². The van der Waals surface area contributed by atoms with Crippen molar-refractivity contribution < 1.29 is 5.11 Å². The largest absolute Gasteiger partial charge is 0.396 e.